The van der Waals surface area contributed by atoms with E-state index in [0.29, 0.717) is 18.1 Å². The van der Waals surface area contributed by atoms with E-state index in [1.165, 1.54) is 18.4 Å². The van der Waals surface area contributed by atoms with Crippen molar-refractivity contribution in [2.45, 2.75) is 57.2 Å². The van der Waals surface area contributed by atoms with Gasteiger partial charge >= 0.3 is 0 Å². The Morgan fingerprint density at radius 3 is 2.39 bits per heavy atom. The molecule has 2 aliphatic heterocycles. The van der Waals surface area contributed by atoms with Crippen molar-refractivity contribution in [1.29, 1.82) is 0 Å². The molecule has 1 aromatic rings. The van der Waals surface area contributed by atoms with Crippen molar-refractivity contribution in [2.75, 3.05) is 13.7 Å². The average Bonchev–Trinajstić information content (AvgIpc) is 2.90. The van der Waals surface area contributed by atoms with Crippen molar-refractivity contribution < 1.29 is 9.53 Å². The number of ether oxygens (including phenoxy) is 1. The highest BCUT2D eigenvalue weighted by Crippen LogP contribution is 2.29. The summed E-state index contributed by atoms with van der Waals surface area (Å²) in [7, 11) is 1.92. The number of nitrogens with zero attached hydrogens (tertiary/aromatic N) is 1. The quantitative estimate of drug-likeness (QED) is 0.897. The Kier molecular flexibility index (Phi) is 6.31. The summed E-state index contributed by atoms with van der Waals surface area (Å²) in [5, 5.41) is 3.61. The molecule has 2 unspecified atom stereocenters. The molecule has 0 aromatic heterocycles. The van der Waals surface area contributed by atoms with Crippen LogP contribution in [0.15, 0.2) is 24.3 Å². The summed E-state index contributed by atoms with van der Waals surface area (Å²) < 4.78 is 5.64. The van der Waals surface area contributed by atoms with Crippen molar-refractivity contribution in [3.8, 4) is 5.75 Å². The molecule has 0 spiro atoms. The Labute approximate surface area is 145 Å². The smallest absolute Gasteiger partial charge is 0.260 e. The van der Waals surface area contributed by atoms with Gasteiger partial charge in [0, 0.05) is 25.2 Å². The van der Waals surface area contributed by atoms with Crippen LogP contribution in [0.3, 0.4) is 0 Å². The summed E-state index contributed by atoms with van der Waals surface area (Å²) in [6.45, 7) is 2.25. The van der Waals surface area contributed by atoms with Crippen LogP contribution in [0.5, 0.6) is 5.75 Å². The molecule has 2 fully saturated rings. The van der Waals surface area contributed by atoms with Crippen molar-refractivity contribution in [1.82, 2.24) is 10.2 Å². The summed E-state index contributed by atoms with van der Waals surface area (Å²) in [6.07, 6.45) is 5.67. The number of halogens is 1. The van der Waals surface area contributed by atoms with Crippen LogP contribution in [0, 0.1) is 0 Å². The summed E-state index contributed by atoms with van der Waals surface area (Å²) in [5.74, 6) is 0.843. The molecular weight excluding hydrogens is 312 g/mol. The Balaban J connectivity index is 0.00000192. The maximum absolute atomic E-state index is 12.4. The zero-order valence-corrected chi connectivity index (χ0v) is 14.8. The van der Waals surface area contributed by atoms with Crippen LogP contribution in [-0.2, 0) is 11.2 Å². The molecule has 23 heavy (non-hydrogen) atoms. The number of fused-ring (bicyclic) bond motifs is 2. The molecule has 0 saturated carbocycles. The van der Waals surface area contributed by atoms with Gasteiger partial charge in [-0.05, 0) is 49.8 Å². The van der Waals surface area contributed by atoms with Crippen molar-refractivity contribution in [3.05, 3.63) is 29.8 Å². The van der Waals surface area contributed by atoms with E-state index in [9.17, 15) is 4.79 Å². The number of carbonyl (C=O) groups is 1. The van der Waals surface area contributed by atoms with Gasteiger partial charge in [0.1, 0.15) is 5.75 Å². The second-order valence-electron chi connectivity index (χ2n) is 6.55. The molecule has 5 heteroatoms. The zero-order valence-electron chi connectivity index (χ0n) is 14.0. The molecule has 0 aliphatic carbocycles. The molecule has 4 nitrogen and oxygen atoms in total. The highest BCUT2D eigenvalue weighted by molar-refractivity contribution is 5.85. The molecule has 2 atom stereocenters. The van der Waals surface area contributed by atoms with Gasteiger partial charge < -0.3 is 15.0 Å². The van der Waals surface area contributed by atoms with Crippen molar-refractivity contribution in [2.24, 2.45) is 0 Å². The number of benzene rings is 1. The zero-order chi connectivity index (χ0) is 15.5. The van der Waals surface area contributed by atoms with E-state index >= 15 is 0 Å². The first-order valence-electron chi connectivity index (χ1n) is 8.39. The third kappa shape index (κ3) is 4.39. The van der Waals surface area contributed by atoms with E-state index in [1.54, 1.807) is 0 Å². The van der Waals surface area contributed by atoms with Gasteiger partial charge in [-0.15, -0.1) is 12.4 Å². The second-order valence-corrected chi connectivity index (χ2v) is 6.55. The number of rotatable bonds is 5. The SMILES string of the molecule is CCc1ccc(OCC(=O)N(C)C2CC3CCC(C2)N3)cc1.Cl. The van der Waals surface area contributed by atoms with Gasteiger partial charge in [0.05, 0.1) is 0 Å². The van der Waals surface area contributed by atoms with Gasteiger partial charge in [-0.3, -0.25) is 4.79 Å². The van der Waals surface area contributed by atoms with Crippen LogP contribution < -0.4 is 10.1 Å². The first-order valence-corrected chi connectivity index (χ1v) is 8.39. The lowest BCUT2D eigenvalue weighted by Crippen LogP contribution is -2.49. The lowest BCUT2D eigenvalue weighted by molar-refractivity contribution is -0.134. The number of likely N-dealkylation sites (N-methyl/N-ethyl adjacent to an activating group) is 1. The normalized spacial score (nSPS) is 25.6. The third-order valence-corrected chi connectivity index (χ3v) is 5.08. The second kappa shape index (κ2) is 8.02. The number of hydrogen-bond acceptors (Lipinski definition) is 3. The lowest BCUT2D eigenvalue weighted by atomic mass is 9.98. The van der Waals surface area contributed by atoms with Crippen LogP contribution in [0.1, 0.15) is 38.2 Å². The molecule has 128 valence electrons. The van der Waals surface area contributed by atoms with Crippen LogP contribution in [0.25, 0.3) is 0 Å². The summed E-state index contributed by atoms with van der Waals surface area (Å²) in [5.41, 5.74) is 1.28. The Morgan fingerprint density at radius 2 is 1.83 bits per heavy atom. The van der Waals surface area contributed by atoms with Gasteiger partial charge in [0.2, 0.25) is 0 Å². The van der Waals surface area contributed by atoms with Gasteiger partial charge in [-0.25, -0.2) is 0 Å². The minimum Gasteiger partial charge on any atom is -0.484 e. The average molecular weight is 339 g/mol. The molecule has 1 aromatic carbocycles. The van der Waals surface area contributed by atoms with Gasteiger partial charge in [-0.1, -0.05) is 19.1 Å². The van der Waals surface area contributed by atoms with E-state index in [2.05, 4.69) is 12.2 Å². The van der Waals surface area contributed by atoms with Crippen molar-refractivity contribution >= 4 is 18.3 Å². The predicted octanol–water partition coefficient (Wildman–Crippen LogP) is 2.79. The van der Waals surface area contributed by atoms with E-state index in [4.69, 9.17) is 4.74 Å². The number of piperidine rings is 1. The number of nitrogens with one attached hydrogen (secondary N) is 1. The third-order valence-electron chi connectivity index (χ3n) is 5.08. The molecule has 2 heterocycles. The fourth-order valence-corrected chi connectivity index (χ4v) is 3.62. The van der Waals surface area contributed by atoms with Gasteiger partial charge in [-0.2, -0.15) is 0 Å². The first-order chi connectivity index (χ1) is 10.7. The lowest BCUT2D eigenvalue weighted by Gasteiger charge is -2.35. The van der Waals surface area contributed by atoms with Crippen LogP contribution >= 0.6 is 12.4 Å². The van der Waals surface area contributed by atoms with Crippen LogP contribution in [0.4, 0.5) is 0 Å². The molecular formula is C18H27ClN2O2. The Morgan fingerprint density at radius 1 is 1.22 bits per heavy atom. The molecule has 1 amide bonds. The highest BCUT2D eigenvalue weighted by Gasteiger charge is 2.36. The Hall–Kier alpha value is -1.26. The topological polar surface area (TPSA) is 41.6 Å². The molecule has 0 radical (unpaired) electrons. The molecule has 1 N–H and O–H groups in total. The maximum Gasteiger partial charge on any atom is 0.260 e. The van der Waals surface area contributed by atoms with Gasteiger partial charge in [0.15, 0.2) is 6.61 Å². The largest absolute Gasteiger partial charge is 0.484 e. The highest BCUT2D eigenvalue weighted by atomic mass is 35.5. The van der Waals surface area contributed by atoms with Crippen LogP contribution in [0.2, 0.25) is 0 Å². The minimum absolute atomic E-state index is 0. The van der Waals surface area contributed by atoms with E-state index in [-0.39, 0.29) is 24.9 Å². The monoisotopic (exact) mass is 338 g/mol. The summed E-state index contributed by atoms with van der Waals surface area (Å²) in [4.78, 5) is 14.2. The minimum atomic E-state index is 0. The van der Waals surface area contributed by atoms with E-state index in [0.717, 1.165) is 25.0 Å². The van der Waals surface area contributed by atoms with E-state index < -0.39 is 0 Å². The summed E-state index contributed by atoms with van der Waals surface area (Å²) >= 11 is 0. The fourth-order valence-electron chi connectivity index (χ4n) is 3.62. The predicted molar refractivity (Wildman–Crippen MR) is 94.3 cm³/mol. The Bertz CT molecular complexity index is 508. The summed E-state index contributed by atoms with van der Waals surface area (Å²) in [6, 6.07) is 9.54. The standard InChI is InChI=1S/C18H26N2O2.ClH/c1-3-13-4-8-17(9-5-13)22-12-18(21)20(2)16-10-14-6-7-15(11-16)19-14;/h4-5,8-9,14-16,19H,3,6-7,10-12H2,1-2H3;1H. The fraction of sp³-hybridized carbons (Fsp3) is 0.611. The maximum atomic E-state index is 12.4. The van der Waals surface area contributed by atoms with Crippen LogP contribution in [-0.4, -0.2) is 42.6 Å². The number of carbonyl (C=O) groups excluding carboxylic acids is 1. The number of aryl methyl sites for hydroxylation is 1. The molecule has 2 saturated heterocycles. The van der Waals surface area contributed by atoms with Gasteiger partial charge in [0.25, 0.3) is 5.91 Å². The van der Waals surface area contributed by atoms with E-state index in [1.807, 2.05) is 36.2 Å². The first kappa shape index (κ1) is 18.1. The van der Waals surface area contributed by atoms with Crippen molar-refractivity contribution in [3.63, 3.8) is 0 Å². The molecule has 2 bridgehead atoms. The number of amides is 1. The molecule has 3 rings (SSSR count). The number of hydrogen-bond donors (Lipinski definition) is 1. The molecule has 2 aliphatic rings.